The lowest BCUT2D eigenvalue weighted by Crippen LogP contribution is -2.41. The zero-order chi connectivity index (χ0) is 23.6. The number of amides is 1. The third-order valence-corrected chi connectivity index (χ3v) is 8.02. The summed E-state index contributed by atoms with van der Waals surface area (Å²) in [5.41, 5.74) is 5.06. The van der Waals surface area contributed by atoms with Crippen LogP contribution in [0.4, 0.5) is 5.69 Å². The topological polar surface area (TPSA) is 66.5 Å². The van der Waals surface area contributed by atoms with Crippen molar-refractivity contribution in [2.24, 2.45) is 0 Å². The molecule has 5 nitrogen and oxygen atoms in total. The molecule has 1 amide bonds. The van der Waals surface area contributed by atoms with Crippen LogP contribution in [-0.4, -0.2) is 20.9 Å². The molecule has 172 valence electrons. The van der Waals surface area contributed by atoms with Gasteiger partial charge in [0.1, 0.15) is 6.54 Å². The molecule has 0 saturated carbocycles. The smallest absolute Gasteiger partial charge is 0.264 e. The first-order valence-electron chi connectivity index (χ1n) is 11.0. The molecule has 0 aliphatic heterocycles. The first-order chi connectivity index (χ1) is 15.7. The maximum Gasteiger partial charge on any atom is 0.264 e. The van der Waals surface area contributed by atoms with Gasteiger partial charge in [-0.25, -0.2) is 8.42 Å². The van der Waals surface area contributed by atoms with Gasteiger partial charge in [0.2, 0.25) is 5.91 Å². The molecule has 3 aromatic rings. The zero-order valence-electron chi connectivity index (χ0n) is 18.7. The Morgan fingerprint density at radius 1 is 1.03 bits per heavy atom. The number of aryl methyl sites for hydroxylation is 3. The second-order valence-corrected chi connectivity index (χ2v) is 10.8. The van der Waals surface area contributed by atoms with E-state index < -0.39 is 10.0 Å². The van der Waals surface area contributed by atoms with Gasteiger partial charge in [-0.1, -0.05) is 41.9 Å². The normalized spacial score (nSPS) is 13.9. The molecule has 33 heavy (non-hydrogen) atoms. The monoisotopic (exact) mass is 482 g/mol. The summed E-state index contributed by atoms with van der Waals surface area (Å²) in [7, 11) is -3.98. The summed E-state index contributed by atoms with van der Waals surface area (Å²) in [5, 5.41) is 3.41. The van der Waals surface area contributed by atoms with Crippen LogP contribution in [0.1, 0.15) is 41.6 Å². The number of nitrogens with zero attached hydrogens (tertiary/aromatic N) is 1. The molecule has 0 fully saturated rings. The number of fused-ring (bicyclic) bond motifs is 1. The molecule has 1 aliphatic rings. The molecule has 0 aromatic heterocycles. The van der Waals surface area contributed by atoms with Crippen LogP contribution in [0.15, 0.2) is 71.6 Å². The highest BCUT2D eigenvalue weighted by molar-refractivity contribution is 7.92. The van der Waals surface area contributed by atoms with Crippen molar-refractivity contribution < 1.29 is 13.2 Å². The van der Waals surface area contributed by atoms with Crippen LogP contribution < -0.4 is 9.62 Å². The van der Waals surface area contributed by atoms with Crippen molar-refractivity contribution in [2.75, 3.05) is 10.8 Å². The number of hydrogen-bond donors (Lipinski definition) is 1. The van der Waals surface area contributed by atoms with E-state index in [2.05, 4.69) is 17.4 Å². The number of nitrogens with one attached hydrogen (secondary N) is 1. The molecule has 1 atom stereocenters. The van der Waals surface area contributed by atoms with E-state index in [0.717, 1.165) is 34.7 Å². The Balaban J connectivity index is 1.58. The SMILES string of the molecule is Cc1cccc(N(CC(=O)N[C@@H](C)c2ccc3c(c2)CCC3)S(=O)(=O)c2ccc(Cl)cc2)c1. The van der Waals surface area contributed by atoms with Crippen molar-refractivity contribution in [2.45, 2.75) is 44.0 Å². The van der Waals surface area contributed by atoms with Crippen molar-refractivity contribution in [1.82, 2.24) is 5.32 Å². The zero-order valence-corrected chi connectivity index (χ0v) is 20.3. The third kappa shape index (κ3) is 5.23. The van der Waals surface area contributed by atoms with Gasteiger partial charge in [-0.2, -0.15) is 0 Å². The maximum absolute atomic E-state index is 13.5. The number of benzene rings is 3. The van der Waals surface area contributed by atoms with Crippen LogP contribution >= 0.6 is 11.6 Å². The van der Waals surface area contributed by atoms with E-state index in [1.54, 1.807) is 18.2 Å². The number of sulfonamides is 1. The van der Waals surface area contributed by atoms with Crippen molar-refractivity contribution >= 4 is 33.2 Å². The molecular weight excluding hydrogens is 456 g/mol. The van der Waals surface area contributed by atoms with Crippen LogP contribution in [0.5, 0.6) is 0 Å². The van der Waals surface area contributed by atoms with Crippen molar-refractivity contribution in [3.8, 4) is 0 Å². The predicted molar refractivity (Wildman–Crippen MR) is 132 cm³/mol. The average molecular weight is 483 g/mol. The van der Waals surface area contributed by atoms with E-state index in [1.165, 1.54) is 35.4 Å². The molecule has 4 rings (SSSR count). The second kappa shape index (κ2) is 9.57. The Labute approximate surface area is 200 Å². The molecule has 0 unspecified atom stereocenters. The summed E-state index contributed by atoms with van der Waals surface area (Å²) in [5.74, 6) is -0.373. The summed E-state index contributed by atoms with van der Waals surface area (Å²) < 4.78 is 28.1. The first-order valence-corrected chi connectivity index (χ1v) is 12.8. The molecule has 0 spiro atoms. The molecule has 1 aliphatic carbocycles. The van der Waals surface area contributed by atoms with E-state index in [4.69, 9.17) is 11.6 Å². The minimum Gasteiger partial charge on any atom is -0.348 e. The lowest BCUT2D eigenvalue weighted by Gasteiger charge is -2.25. The van der Waals surface area contributed by atoms with Gasteiger partial charge in [0.05, 0.1) is 16.6 Å². The fraction of sp³-hybridized carbons (Fsp3) is 0.269. The minimum absolute atomic E-state index is 0.0767. The molecular formula is C26H27ClN2O3S. The molecule has 0 heterocycles. The van der Waals surface area contributed by atoms with Gasteiger partial charge in [-0.15, -0.1) is 0 Å². The van der Waals surface area contributed by atoms with Gasteiger partial charge in [0.15, 0.2) is 0 Å². The van der Waals surface area contributed by atoms with Gasteiger partial charge in [-0.05, 0) is 91.8 Å². The van der Waals surface area contributed by atoms with Crippen molar-refractivity contribution in [3.63, 3.8) is 0 Å². The Hall–Kier alpha value is -2.83. The van der Waals surface area contributed by atoms with Crippen molar-refractivity contribution in [1.29, 1.82) is 0 Å². The second-order valence-electron chi connectivity index (χ2n) is 8.48. The Morgan fingerprint density at radius 3 is 2.48 bits per heavy atom. The molecule has 7 heteroatoms. The van der Waals surface area contributed by atoms with Gasteiger partial charge in [0.25, 0.3) is 10.0 Å². The van der Waals surface area contributed by atoms with Gasteiger partial charge in [0, 0.05) is 5.02 Å². The maximum atomic E-state index is 13.5. The number of carbonyl (C=O) groups is 1. The number of hydrogen-bond acceptors (Lipinski definition) is 3. The van der Waals surface area contributed by atoms with E-state index in [9.17, 15) is 13.2 Å². The number of halogens is 1. The quantitative estimate of drug-likeness (QED) is 0.502. The molecule has 0 bridgehead atoms. The summed E-state index contributed by atoms with van der Waals surface area (Å²) >= 11 is 5.94. The standard InChI is InChI=1S/C26H27ClN2O3S/c1-18-5-3-8-24(15-18)29(33(31,32)25-13-11-23(27)12-14-25)17-26(30)28-19(2)21-10-9-20-6-4-7-22(20)16-21/h3,5,8-16,19H,4,6-7,17H2,1-2H3,(H,28,30)/t19-/m0/s1. The largest absolute Gasteiger partial charge is 0.348 e. The summed E-state index contributed by atoms with van der Waals surface area (Å²) in [6, 6.07) is 19.1. The summed E-state index contributed by atoms with van der Waals surface area (Å²) in [4.78, 5) is 13.1. The van der Waals surface area contributed by atoms with Crippen LogP contribution in [-0.2, 0) is 27.7 Å². The van der Waals surface area contributed by atoms with E-state index in [0.29, 0.717) is 10.7 Å². The molecule has 0 saturated heterocycles. The van der Waals surface area contributed by atoms with Crippen LogP contribution in [0.3, 0.4) is 0 Å². The number of rotatable bonds is 7. The Bertz CT molecular complexity index is 1270. The van der Waals surface area contributed by atoms with Gasteiger partial charge < -0.3 is 5.32 Å². The predicted octanol–water partition coefficient (Wildman–Crippen LogP) is 5.21. The number of anilines is 1. The highest BCUT2D eigenvalue weighted by atomic mass is 35.5. The van der Waals surface area contributed by atoms with E-state index in [-0.39, 0.29) is 23.4 Å². The highest BCUT2D eigenvalue weighted by Gasteiger charge is 2.28. The average Bonchev–Trinajstić information content (AvgIpc) is 3.25. The third-order valence-electron chi connectivity index (χ3n) is 5.98. The highest BCUT2D eigenvalue weighted by Crippen LogP contribution is 2.27. The Kier molecular flexibility index (Phi) is 6.77. The summed E-state index contributed by atoms with van der Waals surface area (Å²) in [6.45, 7) is 3.47. The van der Waals surface area contributed by atoms with Crippen LogP contribution in [0.25, 0.3) is 0 Å². The number of carbonyl (C=O) groups excluding carboxylic acids is 1. The van der Waals surface area contributed by atoms with E-state index >= 15 is 0 Å². The lowest BCUT2D eigenvalue weighted by molar-refractivity contribution is -0.120. The fourth-order valence-electron chi connectivity index (χ4n) is 4.19. The Morgan fingerprint density at radius 2 is 1.76 bits per heavy atom. The first kappa shape index (κ1) is 23.3. The van der Waals surface area contributed by atoms with Crippen molar-refractivity contribution in [3.05, 3.63) is 94.0 Å². The van der Waals surface area contributed by atoms with Crippen LogP contribution in [0.2, 0.25) is 5.02 Å². The molecule has 3 aromatic carbocycles. The fourth-order valence-corrected chi connectivity index (χ4v) is 5.73. The van der Waals surface area contributed by atoms with Gasteiger partial charge >= 0.3 is 0 Å². The lowest BCUT2D eigenvalue weighted by atomic mass is 10.0. The van der Waals surface area contributed by atoms with E-state index in [1.807, 2.05) is 26.0 Å². The summed E-state index contributed by atoms with van der Waals surface area (Å²) in [6.07, 6.45) is 3.32. The molecule has 1 N–H and O–H groups in total. The van der Waals surface area contributed by atoms with Crippen LogP contribution in [0, 0.1) is 6.92 Å². The molecule has 0 radical (unpaired) electrons. The minimum atomic E-state index is -3.98. The van der Waals surface area contributed by atoms with Gasteiger partial charge in [-0.3, -0.25) is 9.10 Å².